The van der Waals surface area contributed by atoms with Crippen molar-refractivity contribution < 1.29 is 14.1 Å². The van der Waals surface area contributed by atoms with Gasteiger partial charge in [0.15, 0.2) is 5.76 Å². The zero-order valence-electron chi connectivity index (χ0n) is 6.69. The number of nitrogens with one attached hydrogen (secondary N) is 1. The molecule has 1 N–H and O–H groups in total. The molecule has 6 nitrogen and oxygen atoms in total. The number of nitrogens with zero attached hydrogens (tertiary/aromatic N) is 2. The Hall–Kier alpha value is -1.85. The van der Waals surface area contributed by atoms with E-state index in [-0.39, 0.29) is 25.0 Å². The Morgan fingerprint density at radius 3 is 3.00 bits per heavy atom. The Bertz CT molecular complexity index is 333. The maximum Gasteiger partial charge on any atom is 0.324 e. The van der Waals surface area contributed by atoms with Crippen LogP contribution in [0.5, 0.6) is 0 Å². The molecule has 0 unspecified atom stereocenters. The summed E-state index contributed by atoms with van der Waals surface area (Å²) in [6, 6.07) is 1.26. The van der Waals surface area contributed by atoms with E-state index in [1.807, 2.05) is 0 Å². The van der Waals surface area contributed by atoms with Crippen LogP contribution in [-0.4, -0.2) is 28.5 Å². The van der Waals surface area contributed by atoms with Crippen LogP contribution in [0, 0.1) is 0 Å². The number of amides is 3. The van der Waals surface area contributed by atoms with E-state index in [0.29, 0.717) is 5.76 Å². The summed E-state index contributed by atoms with van der Waals surface area (Å²) in [4.78, 5) is 23.2. The lowest BCUT2D eigenvalue weighted by molar-refractivity contribution is -0.118. The van der Waals surface area contributed by atoms with Gasteiger partial charge in [-0.25, -0.2) is 4.79 Å². The first-order valence-corrected chi connectivity index (χ1v) is 3.74. The van der Waals surface area contributed by atoms with Crippen molar-refractivity contribution in [3.63, 3.8) is 0 Å². The first kappa shape index (κ1) is 7.78. The molecule has 0 aromatic carbocycles. The Balaban J connectivity index is 2.03. The van der Waals surface area contributed by atoms with Gasteiger partial charge in [0, 0.05) is 6.07 Å². The molecule has 3 amide bonds. The fraction of sp³-hybridized carbons (Fsp3) is 0.286. The molecule has 0 aliphatic carbocycles. The highest BCUT2D eigenvalue weighted by atomic mass is 16.5. The molecule has 0 bridgehead atoms. The molecule has 1 aliphatic heterocycles. The van der Waals surface area contributed by atoms with Crippen molar-refractivity contribution in [1.82, 2.24) is 15.4 Å². The highest BCUT2D eigenvalue weighted by Crippen LogP contribution is 2.06. The Labute approximate surface area is 73.5 Å². The molecule has 13 heavy (non-hydrogen) atoms. The Morgan fingerprint density at radius 2 is 2.46 bits per heavy atom. The zero-order chi connectivity index (χ0) is 9.26. The Morgan fingerprint density at radius 1 is 1.62 bits per heavy atom. The molecule has 2 rings (SSSR count). The third kappa shape index (κ3) is 1.51. The molecule has 0 saturated carbocycles. The van der Waals surface area contributed by atoms with Crippen molar-refractivity contribution in [1.29, 1.82) is 0 Å². The molecule has 1 fully saturated rings. The highest BCUT2D eigenvalue weighted by molar-refractivity contribution is 6.01. The minimum Gasteiger partial charge on any atom is -0.360 e. The number of aromatic nitrogens is 1. The predicted molar refractivity (Wildman–Crippen MR) is 40.5 cm³/mol. The van der Waals surface area contributed by atoms with Crippen molar-refractivity contribution in [3.05, 3.63) is 18.0 Å². The largest absolute Gasteiger partial charge is 0.360 e. The fourth-order valence-electron chi connectivity index (χ4n) is 1.12. The van der Waals surface area contributed by atoms with Crippen LogP contribution in [0.15, 0.2) is 16.8 Å². The second kappa shape index (κ2) is 2.89. The minimum absolute atomic E-state index is 0.0829. The second-order valence-corrected chi connectivity index (χ2v) is 2.69. The molecule has 2 heterocycles. The number of hydrogen-bond donors (Lipinski definition) is 1. The van der Waals surface area contributed by atoms with Gasteiger partial charge in [0.2, 0.25) is 5.91 Å². The van der Waals surface area contributed by atoms with Gasteiger partial charge >= 0.3 is 6.03 Å². The van der Waals surface area contributed by atoms with Crippen LogP contribution in [0.4, 0.5) is 4.79 Å². The van der Waals surface area contributed by atoms with Gasteiger partial charge in [-0.1, -0.05) is 5.16 Å². The lowest BCUT2D eigenvalue weighted by Crippen LogP contribution is -2.27. The molecule has 6 heteroatoms. The van der Waals surface area contributed by atoms with Crippen LogP contribution < -0.4 is 5.32 Å². The first-order valence-electron chi connectivity index (χ1n) is 3.74. The van der Waals surface area contributed by atoms with Gasteiger partial charge in [0.1, 0.15) is 6.54 Å². The van der Waals surface area contributed by atoms with E-state index in [2.05, 4.69) is 10.5 Å². The van der Waals surface area contributed by atoms with Crippen LogP contribution in [0.1, 0.15) is 5.76 Å². The molecule has 1 aliphatic rings. The van der Waals surface area contributed by atoms with Crippen molar-refractivity contribution >= 4 is 11.9 Å². The van der Waals surface area contributed by atoms with Gasteiger partial charge in [-0.3, -0.25) is 10.1 Å². The number of urea groups is 1. The van der Waals surface area contributed by atoms with E-state index >= 15 is 0 Å². The van der Waals surface area contributed by atoms with Gasteiger partial charge in [0.25, 0.3) is 0 Å². The number of hydrogen-bond acceptors (Lipinski definition) is 4. The number of carbonyl (C=O) groups excluding carboxylic acids is 2. The molecule has 0 atom stereocenters. The van der Waals surface area contributed by atoms with Crippen molar-refractivity contribution in [3.8, 4) is 0 Å². The van der Waals surface area contributed by atoms with Crippen LogP contribution in [0.25, 0.3) is 0 Å². The summed E-state index contributed by atoms with van der Waals surface area (Å²) < 4.78 is 4.80. The fourth-order valence-corrected chi connectivity index (χ4v) is 1.12. The molecule has 0 spiro atoms. The van der Waals surface area contributed by atoms with Crippen molar-refractivity contribution in [2.75, 3.05) is 6.54 Å². The maximum absolute atomic E-state index is 11.0. The third-order valence-electron chi connectivity index (χ3n) is 1.71. The Kier molecular flexibility index (Phi) is 1.73. The number of imide groups is 1. The van der Waals surface area contributed by atoms with Gasteiger partial charge in [-0.2, -0.15) is 0 Å². The van der Waals surface area contributed by atoms with E-state index < -0.39 is 0 Å². The lowest BCUT2D eigenvalue weighted by Gasteiger charge is -2.09. The van der Waals surface area contributed by atoms with Crippen LogP contribution in [0.3, 0.4) is 0 Å². The molecule has 1 aromatic heterocycles. The van der Waals surface area contributed by atoms with E-state index in [1.165, 1.54) is 11.1 Å². The zero-order valence-corrected chi connectivity index (χ0v) is 6.69. The number of rotatable bonds is 2. The van der Waals surface area contributed by atoms with Gasteiger partial charge in [-0.15, -0.1) is 0 Å². The summed E-state index contributed by atoms with van der Waals surface area (Å²) in [7, 11) is 0. The molecule has 1 aromatic rings. The standard InChI is InChI=1S/C7H7N3O3/c11-6-4-10(7(12)9-6)3-5-1-2-8-13-5/h1-2H,3-4H2,(H,9,11,12). The normalized spacial score (nSPS) is 16.5. The monoisotopic (exact) mass is 181 g/mol. The summed E-state index contributed by atoms with van der Waals surface area (Å²) in [6.07, 6.45) is 1.49. The van der Waals surface area contributed by atoms with Crippen LogP contribution in [-0.2, 0) is 11.3 Å². The molecular formula is C7H7N3O3. The lowest BCUT2D eigenvalue weighted by atomic mass is 10.4. The van der Waals surface area contributed by atoms with Gasteiger partial charge < -0.3 is 9.42 Å². The summed E-state index contributed by atoms with van der Waals surface area (Å²) in [5.41, 5.74) is 0. The van der Waals surface area contributed by atoms with Crippen molar-refractivity contribution in [2.45, 2.75) is 6.54 Å². The molecule has 1 saturated heterocycles. The topological polar surface area (TPSA) is 75.4 Å². The predicted octanol–water partition coefficient (Wildman–Crippen LogP) is -0.274. The number of carbonyl (C=O) groups is 2. The summed E-state index contributed by atoms with van der Waals surface area (Å²) in [6.45, 7) is 0.358. The quantitative estimate of drug-likeness (QED) is 0.637. The van der Waals surface area contributed by atoms with E-state index in [0.717, 1.165) is 0 Å². The molecular weight excluding hydrogens is 174 g/mol. The van der Waals surface area contributed by atoms with Crippen LogP contribution >= 0.6 is 0 Å². The molecule has 68 valence electrons. The summed E-state index contributed by atoms with van der Waals surface area (Å²) >= 11 is 0. The SMILES string of the molecule is O=C1CN(Cc2ccno2)C(=O)N1. The van der Waals surface area contributed by atoms with E-state index in [1.54, 1.807) is 6.07 Å². The minimum atomic E-state index is -0.388. The van der Waals surface area contributed by atoms with E-state index in [9.17, 15) is 9.59 Å². The smallest absolute Gasteiger partial charge is 0.324 e. The first-order chi connectivity index (χ1) is 6.25. The average Bonchev–Trinajstić information content (AvgIpc) is 2.63. The van der Waals surface area contributed by atoms with Crippen LogP contribution in [0.2, 0.25) is 0 Å². The van der Waals surface area contributed by atoms with E-state index in [4.69, 9.17) is 4.52 Å². The molecule has 0 radical (unpaired) electrons. The highest BCUT2D eigenvalue weighted by Gasteiger charge is 2.27. The van der Waals surface area contributed by atoms with Crippen molar-refractivity contribution in [2.24, 2.45) is 0 Å². The van der Waals surface area contributed by atoms with Gasteiger partial charge in [-0.05, 0) is 0 Å². The third-order valence-corrected chi connectivity index (χ3v) is 1.71. The maximum atomic E-state index is 11.0. The second-order valence-electron chi connectivity index (χ2n) is 2.69. The van der Waals surface area contributed by atoms with Gasteiger partial charge in [0.05, 0.1) is 12.7 Å². The summed E-state index contributed by atoms with van der Waals surface area (Å²) in [5.74, 6) is 0.273. The average molecular weight is 181 g/mol. The summed E-state index contributed by atoms with van der Waals surface area (Å²) in [5, 5.41) is 5.66.